The molecule has 7 rings (SSSR count). The van der Waals surface area contributed by atoms with Crippen molar-refractivity contribution in [3.8, 4) is 11.3 Å². The number of carbonyl (C=O) groups excluding carboxylic acids is 3. The van der Waals surface area contributed by atoms with Gasteiger partial charge in [-0.05, 0) is 44.9 Å². The van der Waals surface area contributed by atoms with Crippen molar-refractivity contribution in [2.75, 3.05) is 26.4 Å². The number of aromatic nitrogens is 6. The number of aliphatic hydroxyl groups is 5. The van der Waals surface area contributed by atoms with E-state index in [1.54, 1.807) is 36.5 Å². The first kappa shape index (κ1) is 65.5. The number of nitrogens with zero attached hydrogens (tertiary/aromatic N) is 6. The number of hydrogen-bond donors (Lipinski definition) is 10. The summed E-state index contributed by atoms with van der Waals surface area (Å²) in [6, 6.07) is 6.43. The molecule has 10 N–H and O–H groups in total. The molecule has 2 aliphatic carbocycles. The van der Waals surface area contributed by atoms with Crippen molar-refractivity contribution in [2.45, 2.75) is 184 Å². The Morgan fingerprint density at radius 2 is 1.53 bits per heavy atom. The highest BCUT2D eigenvalue weighted by molar-refractivity contribution is 7.81. The summed E-state index contributed by atoms with van der Waals surface area (Å²) in [5.74, 6) is -4.07. The fourth-order valence-electron chi connectivity index (χ4n) is 10.9. The number of amides is 2. The number of nitrogens with one attached hydrogen (secondary N) is 2. The molecule has 2 saturated heterocycles. The second kappa shape index (κ2) is 28.9. The monoisotopic (exact) mass is 1220 g/mol. The number of carboxylic acids is 1. The number of rotatable bonds is 28. The summed E-state index contributed by atoms with van der Waals surface area (Å²) in [6.45, 7) is 1.13. The lowest BCUT2D eigenvalue weighted by Gasteiger charge is -2.49. The van der Waals surface area contributed by atoms with Gasteiger partial charge < -0.3 is 65.0 Å². The lowest BCUT2D eigenvalue weighted by molar-refractivity contribution is -0.337. The maximum atomic E-state index is 14.6. The molecule has 3 aromatic rings. The number of aliphatic hydroxyl groups excluding tert-OH is 5. The van der Waals surface area contributed by atoms with Gasteiger partial charge in [-0.3, -0.25) is 28.2 Å². The first-order valence-corrected chi connectivity index (χ1v) is 30.0. The first-order chi connectivity index (χ1) is 39.3. The van der Waals surface area contributed by atoms with Crippen molar-refractivity contribution in [1.29, 1.82) is 0 Å². The molecule has 15 atom stereocenters. The van der Waals surface area contributed by atoms with Crippen LogP contribution in [0.25, 0.3) is 11.3 Å². The zero-order valence-corrected chi connectivity index (χ0v) is 47.4. The maximum absolute atomic E-state index is 14.6. The molecule has 0 radical (unpaired) electrons. The lowest BCUT2D eigenvalue weighted by Crippen LogP contribution is -2.67. The average Bonchev–Trinajstić information content (AvgIpc) is 4.33. The molecular formula is C50H74N8O23S2. The van der Waals surface area contributed by atoms with E-state index in [4.69, 9.17) is 23.7 Å². The van der Waals surface area contributed by atoms with Crippen molar-refractivity contribution < 1.29 is 108 Å². The fourth-order valence-corrected chi connectivity index (χ4v) is 11.7. The lowest BCUT2D eigenvalue weighted by atomic mass is 9.78. The molecule has 33 heteroatoms. The minimum atomic E-state index is -5.02. The normalized spacial score (nSPS) is 29.7. The topological polar surface area (TPSA) is 448 Å². The number of carbonyl (C=O) groups is 4. The minimum absolute atomic E-state index is 0.0112. The van der Waals surface area contributed by atoms with Gasteiger partial charge in [0.05, 0.1) is 57.0 Å². The Balaban J connectivity index is 1.16. The van der Waals surface area contributed by atoms with Crippen LogP contribution in [0.2, 0.25) is 0 Å². The van der Waals surface area contributed by atoms with E-state index in [0.717, 1.165) is 49.9 Å². The van der Waals surface area contributed by atoms with Crippen LogP contribution in [0.3, 0.4) is 0 Å². The van der Waals surface area contributed by atoms with E-state index in [2.05, 4.69) is 39.6 Å². The van der Waals surface area contributed by atoms with Crippen molar-refractivity contribution in [3.05, 3.63) is 48.4 Å². The molecule has 2 aromatic heterocycles. The third-order valence-corrected chi connectivity index (χ3v) is 16.4. The van der Waals surface area contributed by atoms with Crippen LogP contribution in [-0.4, -0.2) is 216 Å². The number of carboxylic acid groups (broad SMARTS) is 1. The molecule has 0 bridgehead atoms. The largest absolute Gasteiger partial charge is 0.479 e. The maximum Gasteiger partial charge on any atom is 0.397 e. The molecule has 0 spiro atoms. The van der Waals surface area contributed by atoms with E-state index in [0.29, 0.717) is 11.3 Å². The second-order valence-electron chi connectivity index (χ2n) is 21.6. The third kappa shape index (κ3) is 17.8. The molecule has 31 nitrogen and oxygen atoms in total. The Hall–Kier alpha value is -5.08. The highest BCUT2D eigenvalue weighted by Crippen LogP contribution is 2.42. The Kier molecular flexibility index (Phi) is 22.8. The Bertz CT molecular complexity index is 2820. The molecular weight excluding hydrogens is 1140 g/mol. The van der Waals surface area contributed by atoms with Gasteiger partial charge in [0.1, 0.15) is 60.2 Å². The zero-order chi connectivity index (χ0) is 60.4. The molecule has 4 aliphatic rings. The van der Waals surface area contributed by atoms with Crippen molar-refractivity contribution in [3.63, 3.8) is 0 Å². The van der Waals surface area contributed by atoms with Gasteiger partial charge in [0.25, 0.3) is 5.91 Å². The number of hydrogen-bond acceptors (Lipinski definition) is 24. The quantitative estimate of drug-likeness (QED) is 0.0317. The zero-order valence-electron chi connectivity index (χ0n) is 45.8. The van der Waals surface area contributed by atoms with Gasteiger partial charge in [0.2, 0.25) is 5.91 Å². The highest BCUT2D eigenvalue weighted by atomic mass is 32.3. The van der Waals surface area contributed by atoms with Crippen LogP contribution in [0.5, 0.6) is 0 Å². The number of Topliss-reactive ketones (excluding diaryl/α,β-unsaturated/α-hetero) is 1. The van der Waals surface area contributed by atoms with E-state index in [9.17, 15) is 75.8 Å². The SMILES string of the molecule is CCC(COS(=O)(=O)O)(COS(=O)(=O)O)Cn1cc(C(=O)NCCCC(=O)C2CC(n3cc(-c4ccccc4)nn3)[C@@H](O[C@@H]3OC(C)[C@@H](O)[C@H](O)C3O)[C@H](O[C@@H]3O[C@@H](CO)[C@H](O)C(O[C@@H](CC4CCCCC4)C(=O)O)C3NC(C)=O)C2)nn1. The van der Waals surface area contributed by atoms with E-state index >= 15 is 0 Å². The van der Waals surface area contributed by atoms with E-state index in [1.165, 1.54) is 18.5 Å². The van der Waals surface area contributed by atoms with Gasteiger partial charge in [0, 0.05) is 36.8 Å². The summed E-state index contributed by atoms with van der Waals surface area (Å²) >= 11 is 0. The molecule has 464 valence electrons. The molecule has 4 heterocycles. The molecule has 6 unspecified atom stereocenters. The van der Waals surface area contributed by atoms with Gasteiger partial charge in [0.15, 0.2) is 24.4 Å². The number of benzene rings is 1. The summed E-state index contributed by atoms with van der Waals surface area (Å²) in [4.78, 5) is 53.8. The van der Waals surface area contributed by atoms with Crippen LogP contribution in [0, 0.1) is 17.3 Å². The number of ether oxygens (including phenoxy) is 5. The minimum Gasteiger partial charge on any atom is -0.479 e. The number of ketones is 1. The summed E-state index contributed by atoms with van der Waals surface area (Å²) in [5, 5.41) is 87.5. The van der Waals surface area contributed by atoms with Crippen molar-refractivity contribution in [1.82, 2.24) is 40.6 Å². The summed E-state index contributed by atoms with van der Waals surface area (Å²) < 4.78 is 107. The van der Waals surface area contributed by atoms with E-state index < -0.39 is 155 Å². The first-order valence-electron chi connectivity index (χ1n) is 27.3. The second-order valence-corrected chi connectivity index (χ2v) is 23.8. The van der Waals surface area contributed by atoms with Crippen LogP contribution < -0.4 is 10.6 Å². The summed E-state index contributed by atoms with van der Waals surface area (Å²) in [5.41, 5.74) is -0.757. The van der Waals surface area contributed by atoms with Gasteiger partial charge in [-0.1, -0.05) is 79.8 Å². The van der Waals surface area contributed by atoms with Crippen LogP contribution in [0.1, 0.15) is 108 Å². The molecule has 2 aliphatic heterocycles. The predicted molar refractivity (Wildman–Crippen MR) is 280 cm³/mol. The predicted octanol–water partition coefficient (Wildman–Crippen LogP) is -0.708. The van der Waals surface area contributed by atoms with Gasteiger partial charge in [-0.2, -0.15) is 16.8 Å². The van der Waals surface area contributed by atoms with Crippen LogP contribution in [-0.2, 0) is 73.8 Å². The van der Waals surface area contributed by atoms with Crippen LogP contribution in [0.15, 0.2) is 42.7 Å². The Morgan fingerprint density at radius 1 is 0.843 bits per heavy atom. The fraction of sp³-hybridized carbons (Fsp3) is 0.720. The van der Waals surface area contributed by atoms with Crippen molar-refractivity contribution >= 4 is 44.4 Å². The van der Waals surface area contributed by atoms with Crippen LogP contribution >= 0.6 is 0 Å². The Labute approximate surface area is 478 Å². The smallest absolute Gasteiger partial charge is 0.397 e. The Morgan fingerprint density at radius 3 is 2.16 bits per heavy atom. The molecule has 4 fully saturated rings. The van der Waals surface area contributed by atoms with E-state index in [-0.39, 0.29) is 69.0 Å². The number of aliphatic carboxylic acids is 1. The third-order valence-electron chi connectivity index (χ3n) is 15.6. The standard InChI is InChI=1S/C50H74N8O23S2/c1-4-50(25-75-82(69,70)71,26-76-83(72,73)74)24-57-21-33(54-55-57)46(66)51-17-11-16-35(61)31-19-34(58-22-32(53-56-58)30-14-9-6-10-15-30)44(81-49-43(65)42(64)40(62)27(2)77-49)36(20-31)79-48-39(52-28(3)60)45(41(63)38(23-59)80-48)78-37(47(67)68)18-29-12-7-5-8-13-29/h6,9-10,14-15,21-22,27,29,31,34,36-45,48-49,59,62-65H,4-5,7-8,11-13,16-20,23-26H2,1-3H3,(H,51,66)(H,52,60)(H,67,68)(H,69,70,71)(H,72,73,74)/t27?,31?,34?,36-,37+,38+,39?,40-,41+,42+,43?,44-,45?,48-,49+/m1/s1. The molecule has 83 heavy (non-hydrogen) atoms. The molecule has 1 aromatic carbocycles. The van der Waals surface area contributed by atoms with Gasteiger partial charge >= 0.3 is 26.8 Å². The summed E-state index contributed by atoms with van der Waals surface area (Å²) in [6.07, 6.45) is -11.8. The molecule has 2 saturated carbocycles. The molecule has 2 amide bonds. The van der Waals surface area contributed by atoms with Crippen molar-refractivity contribution in [2.24, 2.45) is 17.3 Å². The average molecular weight is 1220 g/mol. The van der Waals surface area contributed by atoms with E-state index in [1.807, 2.05) is 0 Å². The van der Waals surface area contributed by atoms with Gasteiger partial charge in [-0.25, -0.2) is 17.8 Å². The van der Waals surface area contributed by atoms with Crippen LogP contribution in [0.4, 0.5) is 0 Å². The highest BCUT2D eigenvalue weighted by Gasteiger charge is 2.54. The van der Waals surface area contributed by atoms with Gasteiger partial charge in [-0.15, -0.1) is 10.2 Å². The summed E-state index contributed by atoms with van der Waals surface area (Å²) in [7, 11) is -10.0.